The summed E-state index contributed by atoms with van der Waals surface area (Å²) in [5, 5.41) is 60.9. The van der Waals surface area contributed by atoms with Crippen molar-refractivity contribution in [3.63, 3.8) is 0 Å². The zero-order chi connectivity index (χ0) is 47.1. The van der Waals surface area contributed by atoms with Crippen molar-refractivity contribution in [1.29, 1.82) is 10.5 Å². The Hall–Kier alpha value is -5.17. The Morgan fingerprint density at radius 2 is 0.859 bits per heavy atom. The molecule has 0 fully saturated rings. The summed E-state index contributed by atoms with van der Waals surface area (Å²) in [6.07, 6.45) is 3.43. The minimum absolute atomic E-state index is 0. The van der Waals surface area contributed by atoms with Gasteiger partial charge in [0, 0.05) is 96.9 Å². The van der Waals surface area contributed by atoms with E-state index in [1.165, 1.54) is 13.8 Å². The van der Waals surface area contributed by atoms with Crippen molar-refractivity contribution in [2.45, 2.75) is 13.8 Å². The molecule has 0 atom stereocenters. The van der Waals surface area contributed by atoms with E-state index in [4.69, 9.17) is 148 Å². The smallest absolute Gasteiger partial charge is 0.183 e. The Labute approximate surface area is 430 Å². The van der Waals surface area contributed by atoms with E-state index in [-0.39, 0.29) is 71.6 Å². The van der Waals surface area contributed by atoms with E-state index in [9.17, 15) is 0 Å². The van der Waals surface area contributed by atoms with Crippen LogP contribution in [-0.4, -0.2) is 35.2 Å². The minimum atomic E-state index is -1.75. The van der Waals surface area contributed by atoms with E-state index in [2.05, 4.69) is 9.97 Å². The van der Waals surface area contributed by atoms with Crippen molar-refractivity contribution in [2.75, 3.05) is 0 Å². The first-order valence-electron chi connectivity index (χ1n) is 16.0. The number of nitrogens with zero attached hydrogens (tertiary/aromatic N) is 9. The fourth-order valence-corrected chi connectivity index (χ4v) is 6.97. The van der Waals surface area contributed by atoms with Gasteiger partial charge >= 0.3 is 0 Å². The molecule has 0 unspecified atom stereocenters. The second-order valence-corrected chi connectivity index (χ2v) is 13.4. The number of rotatable bonds is 6. The van der Waals surface area contributed by atoms with Crippen LogP contribution in [0.2, 0.25) is 35.3 Å². The maximum Gasteiger partial charge on any atom is 0.183 e. The van der Waals surface area contributed by atoms with Crippen LogP contribution in [0.1, 0.15) is 30.5 Å². The molecule has 0 amide bonds. The van der Waals surface area contributed by atoms with Crippen LogP contribution in [0, 0.1) is 115 Å². The molecule has 0 spiro atoms. The fourth-order valence-electron chi connectivity index (χ4n) is 4.71. The predicted molar refractivity (Wildman–Crippen MR) is 241 cm³/mol. The molecule has 64 heavy (non-hydrogen) atoms. The predicted octanol–water partition coefficient (Wildman–Crippen LogP) is 11.3. The molecular formula is C37H25Cl7N9NdO10-. The molecular weight excluding hydrogens is 1120 g/mol. The van der Waals surface area contributed by atoms with E-state index < -0.39 is 15.3 Å². The van der Waals surface area contributed by atoms with Crippen LogP contribution in [0.25, 0.3) is 34.0 Å². The van der Waals surface area contributed by atoms with Gasteiger partial charge in [0.25, 0.3) is 0 Å². The second kappa shape index (κ2) is 31.6. The Bertz CT molecular complexity index is 2350. The van der Waals surface area contributed by atoms with Gasteiger partial charge in [0.2, 0.25) is 0 Å². The molecule has 0 bridgehead atoms. The van der Waals surface area contributed by atoms with Gasteiger partial charge in [-0.25, -0.2) is 9.97 Å². The normalized spacial score (nSPS) is 8.98. The summed E-state index contributed by atoms with van der Waals surface area (Å²) in [4.78, 5) is 43.3. The Morgan fingerprint density at radius 3 is 1.14 bits per heavy atom. The molecule has 0 aliphatic rings. The van der Waals surface area contributed by atoms with Crippen LogP contribution in [0.5, 0.6) is 0 Å². The van der Waals surface area contributed by atoms with Gasteiger partial charge in [-0.15, -0.1) is 0 Å². The molecule has 19 nitrogen and oxygen atoms in total. The van der Waals surface area contributed by atoms with E-state index >= 15 is 0 Å². The van der Waals surface area contributed by atoms with Gasteiger partial charge in [-0.1, -0.05) is 35.3 Å². The van der Waals surface area contributed by atoms with Crippen molar-refractivity contribution in [1.82, 2.24) is 19.9 Å². The zero-order valence-corrected chi connectivity index (χ0v) is 40.7. The molecule has 6 aromatic rings. The van der Waals surface area contributed by atoms with Crippen molar-refractivity contribution >= 4 is 81.2 Å². The number of benzene rings is 2. The summed E-state index contributed by atoms with van der Waals surface area (Å²) in [5.74, 6) is 0.463. The largest absolute Gasteiger partial charge is 0.457 e. The van der Waals surface area contributed by atoms with Crippen LogP contribution in [0.3, 0.4) is 0 Å². The fraction of sp³-hybridized carbons (Fsp3) is 0.0541. The van der Waals surface area contributed by atoms with E-state index in [0.717, 1.165) is 5.56 Å². The second-order valence-electron chi connectivity index (χ2n) is 10.6. The number of nitriles is 2. The molecule has 0 saturated heterocycles. The molecule has 0 aliphatic heterocycles. The van der Waals surface area contributed by atoms with Crippen molar-refractivity contribution in [3.8, 4) is 46.2 Å². The van der Waals surface area contributed by atoms with Gasteiger partial charge in [0.1, 0.15) is 0 Å². The van der Waals surface area contributed by atoms with Crippen LogP contribution in [-0.2, 0) is 5.48 Å². The molecule has 3 N–H and O–H groups in total. The zero-order valence-electron chi connectivity index (χ0n) is 32.2. The summed E-state index contributed by atoms with van der Waals surface area (Å²) in [5.41, 5.74) is 5.37. The third-order valence-corrected chi connectivity index (χ3v) is 8.52. The molecule has 4 heterocycles. The number of hydrogen-bond donors (Lipinski definition) is 0. The van der Waals surface area contributed by atoms with Gasteiger partial charge in [-0.2, -0.15) is 10.5 Å². The van der Waals surface area contributed by atoms with Crippen molar-refractivity contribution < 1.29 is 61.6 Å². The third kappa shape index (κ3) is 21.0. The summed E-state index contributed by atoms with van der Waals surface area (Å²) in [6, 6.07) is 28.5. The van der Waals surface area contributed by atoms with Crippen LogP contribution < -0.4 is 0 Å². The first kappa shape index (κ1) is 60.9. The van der Waals surface area contributed by atoms with Gasteiger partial charge in [0.15, 0.2) is 5.15 Å². The van der Waals surface area contributed by atoms with Crippen LogP contribution in [0.4, 0.5) is 0 Å². The van der Waals surface area contributed by atoms with Crippen molar-refractivity contribution in [2.24, 2.45) is 0 Å². The average Bonchev–Trinajstić information content (AvgIpc) is 3.17. The molecule has 0 aliphatic carbocycles. The van der Waals surface area contributed by atoms with Gasteiger partial charge < -0.3 is 51.4 Å². The molecule has 332 valence electrons. The van der Waals surface area contributed by atoms with E-state index in [1.807, 2.05) is 60.7 Å². The number of hydrogen-bond acceptors (Lipinski definition) is 15. The summed E-state index contributed by atoms with van der Waals surface area (Å²) < 4.78 is 0. The minimum Gasteiger partial charge on any atom is -0.457 e. The SMILES string of the molecule is CC#N.CC#N.Clc1cc(Cl)c([C+](c2ccc(-c3cc(-c4ccccn4)nc(-c4ccccn4)c3)nc2Cl)c2c(Cl)cc(Cl)cc2Cl)c(Cl)c1.O=[N+]([O-])[O-].O=[N+]([O-])[O-].O=[N+]([O-])[O-].[Nd].[OH3+]. The van der Waals surface area contributed by atoms with Gasteiger partial charge in [-0.05, 0) is 107 Å². The molecule has 4 aromatic heterocycles. The van der Waals surface area contributed by atoms with E-state index in [0.29, 0.717) is 61.1 Å². The van der Waals surface area contributed by atoms with Crippen molar-refractivity contribution in [3.05, 3.63) is 201 Å². The van der Waals surface area contributed by atoms with Crippen LogP contribution >= 0.6 is 81.2 Å². The summed E-state index contributed by atoms with van der Waals surface area (Å²) >= 11 is 46.3. The number of aromatic nitrogens is 4. The molecule has 6 rings (SSSR count). The monoisotopic (exact) mass is 1140 g/mol. The van der Waals surface area contributed by atoms with E-state index in [1.54, 1.807) is 48.8 Å². The molecule has 0 radical (unpaired) electrons. The Balaban J connectivity index is 0. The molecule has 27 heteroatoms. The summed E-state index contributed by atoms with van der Waals surface area (Å²) in [6.45, 7) is 2.86. The Morgan fingerprint density at radius 1 is 0.531 bits per heavy atom. The molecule has 0 saturated carbocycles. The maximum absolute atomic E-state index is 8.25. The molecule has 2 aromatic carbocycles. The third-order valence-electron chi connectivity index (χ3n) is 6.61. The summed E-state index contributed by atoms with van der Waals surface area (Å²) in [7, 11) is 0. The van der Waals surface area contributed by atoms with Gasteiger partial charge in [-0.3, -0.25) is 9.97 Å². The Kier molecular flexibility index (Phi) is 30.1. The topological polar surface area (TPSA) is 331 Å². The average molecular weight is 1150 g/mol. The first-order valence-corrected chi connectivity index (χ1v) is 18.6. The standard InChI is InChI=1S/C33H16Cl7N4.2C2H3N.3NO3.Nd.H2O/c34-18-13-21(36)31(22(37)14-18)30(32-23(38)15-19(35)16-24(32)39)20-7-8-25(44-33(20)40)17-11-28(26-5-1-3-9-41-26)43-29(12-17)27-6-2-4-10-42-27;2*1-2-3;3*2-1(3)4;;/h1-16H;2*1H3;;;;;1H2/q+1;;;3*-1;;/p+1. The number of halogens is 7. The quantitative estimate of drug-likeness (QED) is 0.0492. The number of pyridine rings is 4. The maximum atomic E-state index is 8.25. The van der Waals surface area contributed by atoms with Crippen LogP contribution in [0.15, 0.2) is 97.3 Å². The van der Waals surface area contributed by atoms with Gasteiger partial charge in [0.05, 0.1) is 109 Å². The first-order chi connectivity index (χ1) is 29.2.